The number of hydrogen-bond acceptors (Lipinski definition) is 5. The number of benzene rings is 1. The Balaban J connectivity index is 2.08. The molecule has 0 saturated carbocycles. The third-order valence-corrected chi connectivity index (χ3v) is 3.25. The molecule has 104 valence electrons. The molecular weight excluding hydrogens is 280 g/mol. The summed E-state index contributed by atoms with van der Waals surface area (Å²) in [4.78, 5) is 8.65. The largest absolute Gasteiger partial charge is 0.497 e. The van der Waals surface area contributed by atoms with Crippen LogP contribution in [0.2, 0.25) is 0 Å². The van der Waals surface area contributed by atoms with Crippen molar-refractivity contribution in [3.8, 4) is 5.75 Å². The second-order valence-corrected chi connectivity index (χ2v) is 4.63. The van der Waals surface area contributed by atoms with Crippen LogP contribution in [0.1, 0.15) is 11.6 Å². The molecular formula is C13H13ClN4O2. The maximum Gasteiger partial charge on any atom is 0.213 e. The first-order chi connectivity index (χ1) is 9.81. The summed E-state index contributed by atoms with van der Waals surface area (Å²) in [7, 11) is 1.64. The van der Waals surface area contributed by atoms with E-state index in [2.05, 4.69) is 15.1 Å². The van der Waals surface area contributed by atoms with Crippen molar-refractivity contribution in [2.75, 3.05) is 13.0 Å². The summed E-state index contributed by atoms with van der Waals surface area (Å²) in [5.41, 5.74) is 1.86. The van der Waals surface area contributed by atoms with Gasteiger partial charge in [0.05, 0.1) is 24.7 Å². The van der Waals surface area contributed by atoms with Crippen molar-refractivity contribution < 1.29 is 9.26 Å². The number of imidazole rings is 1. The molecule has 0 aliphatic carbocycles. The number of aryl methyl sites for hydroxylation is 1. The summed E-state index contributed by atoms with van der Waals surface area (Å²) < 4.78 is 12.0. The highest BCUT2D eigenvalue weighted by atomic mass is 35.5. The Bertz CT molecular complexity index is 709. The van der Waals surface area contributed by atoms with E-state index < -0.39 is 0 Å². The first-order valence-corrected chi connectivity index (χ1v) is 6.69. The number of alkyl halides is 1. The first-order valence-electron chi connectivity index (χ1n) is 6.16. The van der Waals surface area contributed by atoms with Crippen molar-refractivity contribution in [2.45, 2.75) is 13.0 Å². The van der Waals surface area contributed by atoms with Crippen molar-refractivity contribution in [2.24, 2.45) is 0 Å². The van der Waals surface area contributed by atoms with Crippen LogP contribution in [0.25, 0.3) is 11.0 Å². The highest BCUT2D eigenvalue weighted by Gasteiger charge is 2.13. The predicted molar refractivity (Wildman–Crippen MR) is 74.1 cm³/mol. The third kappa shape index (κ3) is 2.34. The van der Waals surface area contributed by atoms with Crippen LogP contribution in [0.5, 0.6) is 5.75 Å². The fourth-order valence-electron chi connectivity index (χ4n) is 2.14. The number of ether oxygens (including phenoxy) is 1. The zero-order valence-corrected chi connectivity index (χ0v) is 11.7. The molecule has 0 bridgehead atoms. The molecule has 3 rings (SSSR count). The Labute approximate surface area is 120 Å². The zero-order valence-electron chi connectivity index (χ0n) is 10.9. The van der Waals surface area contributed by atoms with Gasteiger partial charge in [-0.3, -0.25) is 0 Å². The summed E-state index contributed by atoms with van der Waals surface area (Å²) in [6.45, 7) is 0.506. The minimum atomic E-state index is 0.506. The van der Waals surface area contributed by atoms with E-state index in [-0.39, 0.29) is 0 Å². The molecule has 2 heterocycles. The second kappa shape index (κ2) is 5.50. The lowest BCUT2D eigenvalue weighted by Crippen LogP contribution is -2.07. The van der Waals surface area contributed by atoms with Gasteiger partial charge in [-0.05, 0) is 12.1 Å². The number of fused-ring (bicyclic) bond motifs is 1. The zero-order chi connectivity index (χ0) is 13.9. The third-order valence-electron chi connectivity index (χ3n) is 3.06. The number of aromatic nitrogens is 4. The van der Waals surface area contributed by atoms with Crippen LogP contribution >= 0.6 is 11.6 Å². The van der Waals surface area contributed by atoms with E-state index in [1.165, 1.54) is 6.39 Å². The predicted octanol–water partition coefficient (Wildman–Crippen LogP) is 2.26. The van der Waals surface area contributed by atoms with Crippen LogP contribution in [-0.2, 0) is 13.0 Å². The molecule has 2 aromatic heterocycles. The van der Waals surface area contributed by atoms with Gasteiger partial charge in [-0.1, -0.05) is 5.16 Å². The summed E-state index contributed by atoms with van der Waals surface area (Å²) >= 11 is 5.85. The minimum absolute atomic E-state index is 0.506. The molecule has 0 N–H and O–H groups in total. The normalized spacial score (nSPS) is 11.1. The summed E-state index contributed by atoms with van der Waals surface area (Å²) in [5, 5.41) is 3.84. The van der Waals surface area contributed by atoms with Gasteiger partial charge in [0.25, 0.3) is 0 Å². The van der Waals surface area contributed by atoms with Gasteiger partial charge in [-0.15, -0.1) is 11.6 Å². The molecule has 3 aromatic rings. The number of halogens is 1. The molecule has 0 aliphatic heterocycles. The van der Waals surface area contributed by atoms with E-state index in [0.29, 0.717) is 24.7 Å². The standard InChI is InChI=1S/C13H13ClN4O2/c1-19-9-2-3-11-10(6-9)16-13(4-5-14)18(11)7-12-15-8-20-17-12/h2-3,6,8H,4-5,7H2,1H3. The lowest BCUT2D eigenvalue weighted by atomic mass is 10.3. The molecule has 0 aliphatic rings. The second-order valence-electron chi connectivity index (χ2n) is 4.26. The van der Waals surface area contributed by atoms with E-state index in [1.807, 2.05) is 22.8 Å². The van der Waals surface area contributed by atoms with Crippen LogP contribution in [0.15, 0.2) is 29.1 Å². The monoisotopic (exact) mass is 292 g/mol. The molecule has 0 unspecified atom stereocenters. The molecule has 0 amide bonds. The molecule has 0 spiro atoms. The van der Waals surface area contributed by atoms with E-state index in [1.54, 1.807) is 7.11 Å². The Kier molecular flexibility index (Phi) is 3.56. The van der Waals surface area contributed by atoms with Gasteiger partial charge in [0.15, 0.2) is 5.82 Å². The van der Waals surface area contributed by atoms with Crippen LogP contribution in [-0.4, -0.2) is 32.7 Å². The van der Waals surface area contributed by atoms with Crippen molar-refractivity contribution in [1.29, 1.82) is 0 Å². The molecule has 0 atom stereocenters. The molecule has 0 saturated heterocycles. The number of methoxy groups -OCH3 is 1. The topological polar surface area (TPSA) is 66.0 Å². The Hall–Kier alpha value is -2.08. The van der Waals surface area contributed by atoms with E-state index in [9.17, 15) is 0 Å². The molecule has 20 heavy (non-hydrogen) atoms. The molecule has 6 nitrogen and oxygen atoms in total. The van der Waals surface area contributed by atoms with Crippen molar-refractivity contribution >= 4 is 22.6 Å². The average Bonchev–Trinajstić information content (AvgIpc) is 3.08. The van der Waals surface area contributed by atoms with Gasteiger partial charge in [0.1, 0.15) is 11.6 Å². The maximum atomic E-state index is 5.85. The maximum absolute atomic E-state index is 5.85. The van der Waals surface area contributed by atoms with Crippen LogP contribution in [0, 0.1) is 0 Å². The smallest absolute Gasteiger partial charge is 0.213 e. The van der Waals surface area contributed by atoms with E-state index >= 15 is 0 Å². The summed E-state index contributed by atoms with van der Waals surface area (Å²) in [6, 6.07) is 5.78. The molecule has 7 heteroatoms. The van der Waals surface area contributed by atoms with Crippen LogP contribution in [0.4, 0.5) is 0 Å². The number of rotatable bonds is 5. The SMILES string of the molecule is COc1ccc2c(c1)nc(CCCl)n2Cc1ncon1. The van der Waals surface area contributed by atoms with E-state index in [4.69, 9.17) is 20.9 Å². The van der Waals surface area contributed by atoms with Gasteiger partial charge in [0.2, 0.25) is 6.39 Å². The fourth-order valence-corrected chi connectivity index (χ4v) is 2.31. The quantitative estimate of drug-likeness (QED) is 0.675. The summed E-state index contributed by atoms with van der Waals surface area (Å²) in [5.74, 6) is 2.79. The van der Waals surface area contributed by atoms with Gasteiger partial charge in [0, 0.05) is 18.4 Å². The number of nitrogens with zero attached hydrogens (tertiary/aromatic N) is 4. The van der Waals surface area contributed by atoms with Gasteiger partial charge in [-0.2, -0.15) is 4.98 Å². The molecule has 0 fully saturated rings. The summed E-state index contributed by atoms with van der Waals surface area (Å²) in [6.07, 6.45) is 2.00. The Morgan fingerprint density at radius 1 is 1.40 bits per heavy atom. The van der Waals surface area contributed by atoms with Crippen molar-refractivity contribution in [3.05, 3.63) is 36.2 Å². The van der Waals surface area contributed by atoms with E-state index in [0.717, 1.165) is 22.6 Å². The lowest BCUT2D eigenvalue weighted by Gasteiger charge is -2.05. The number of hydrogen-bond donors (Lipinski definition) is 0. The highest BCUT2D eigenvalue weighted by Crippen LogP contribution is 2.22. The van der Waals surface area contributed by atoms with Crippen LogP contribution < -0.4 is 4.74 Å². The molecule has 1 aromatic carbocycles. The van der Waals surface area contributed by atoms with Crippen molar-refractivity contribution in [3.63, 3.8) is 0 Å². The fraction of sp³-hybridized carbons (Fsp3) is 0.308. The Morgan fingerprint density at radius 3 is 3.00 bits per heavy atom. The van der Waals surface area contributed by atoms with Gasteiger partial charge in [-0.25, -0.2) is 4.98 Å². The first kappa shape index (κ1) is 12.9. The minimum Gasteiger partial charge on any atom is -0.497 e. The lowest BCUT2D eigenvalue weighted by molar-refractivity contribution is 0.408. The average molecular weight is 293 g/mol. The van der Waals surface area contributed by atoms with Crippen molar-refractivity contribution in [1.82, 2.24) is 19.7 Å². The Morgan fingerprint density at radius 2 is 2.30 bits per heavy atom. The highest BCUT2D eigenvalue weighted by molar-refractivity contribution is 6.17. The van der Waals surface area contributed by atoms with Gasteiger partial charge < -0.3 is 13.8 Å². The molecule has 0 radical (unpaired) electrons. The van der Waals surface area contributed by atoms with Crippen LogP contribution in [0.3, 0.4) is 0 Å². The van der Waals surface area contributed by atoms with Gasteiger partial charge >= 0.3 is 0 Å².